The van der Waals surface area contributed by atoms with Crippen molar-refractivity contribution in [1.29, 1.82) is 0 Å². The molecule has 1 heteroatoms. The van der Waals surface area contributed by atoms with E-state index in [0.29, 0.717) is 5.41 Å². The SMILES string of the molecule is Cc1ccc(N)cc1CC(C)(C)C. The lowest BCUT2D eigenvalue weighted by Crippen LogP contribution is -2.10. The average molecular weight is 177 g/mol. The Labute approximate surface area is 81.0 Å². The molecule has 0 fully saturated rings. The van der Waals surface area contributed by atoms with Gasteiger partial charge in [0.25, 0.3) is 0 Å². The minimum Gasteiger partial charge on any atom is -0.399 e. The Hall–Kier alpha value is -0.980. The van der Waals surface area contributed by atoms with E-state index in [2.05, 4.69) is 39.8 Å². The van der Waals surface area contributed by atoms with Crippen molar-refractivity contribution in [3.05, 3.63) is 29.3 Å². The maximum absolute atomic E-state index is 5.75. The van der Waals surface area contributed by atoms with E-state index in [4.69, 9.17) is 5.73 Å². The highest BCUT2D eigenvalue weighted by Gasteiger charge is 2.12. The highest BCUT2D eigenvalue weighted by Crippen LogP contribution is 2.23. The lowest BCUT2D eigenvalue weighted by molar-refractivity contribution is 0.410. The van der Waals surface area contributed by atoms with Crippen molar-refractivity contribution in [3.8, 4) is 0 Å². The van der Waals surface area contributed by atoms with E-state index in [1.54, 1.807) is 0 Å². The third-order valence-electron chi connectivity index (χ3n) is 2.09. The minimum absolute atomic E-state index is 0.332. The summed E-state index contributed by atoms with van der Waals surface area (Å²) in [5, 5.41) is 0. The molecule has 0 radical (unpaired) electrons. The van der Waals surface area contributed by atoms with Gasteiger partial charge in [0.2, 0.25) is 0 Å². The molecule has 0 atom stereocenters. The fourth-order valence-electron chi connectivity index (χ4n) is 1.45. The number of aryl methyl sites for hydroxylation is 1. The zero-order valence-corrected chi connectivity index (χ0v) is 9.02. The highest BCUT2D eigenvalue weighted by atomic mass is 14.5. The number of hydrogen-bond acceptors (Lipinski definition) is 1. The molecule has 1 rings (SSSR count). The molecule has 0 aromatic heterocycles. The predicted molar refractivity (Wildman–Crippen MR) is 58.8 cm³/mol. The van der Waals surface area contributed by atoms with Crippen molar-refractivity contribution in [2.24, 2.45) is 5.41 Å². The summed E-state index contributed by atoms with van der Waals surface area (Å²) >= 11 is 0. The first-order chi connectivity index (χ1) is 5.88. The van der Waals surface area contributed by atoms with Crippen LogP contribution in [0, 0.1) is 12.3 Å². The van der Waals surface area contributed by atoms with E-state index < -0.39 is 0 Å². The summed E-state index contributed by atoms with van der Waals surface area (Å²) < 4.78 is 0. The summed E-state index contributed by atoms with van der Waals surface area (Å²) in [4.78, 5) is 0. The number of benzene rings is 1. The van der Waals surface area contributed by atoms with Gasteiger partial charge >= 0.3 is 0 Å². The first-order valence-corrected chi connectivity index (χ1v) is 4.73. The number of nitrogen functional groups attached to an aromatic ring is 1. The van der Waals surface area contributed by atoms with E-state index in [1.807, 2.05) is 6.07 Å². The topological polar surface area (TPSA) is 26.0 Å². The molecule has 0 aliphatic heterocycles. The van der Waals surface area contributed by atoms with Crippen LogP contribution >= 0.6 is 0 Å². The summed E-state index contributed by atoms with van der Waals surface area (Å²) in [6, 6.07) is 6.14. The van der Waals surface area contributed by atoms with Crippen LogP contribution in [0.5, 0.6) is 0 Å². The molecule has 0 amide bonds. The van der Waals surface area contributed by atoms with Crippen molar-refractivity contribution >= 4 is 5.69 Å². The van der Waals surface area contributed by atoms with Gasteiger partial charge < -0.3 is 5.73 Å². The Kier molecular flexibility index (Phi) is 2.65. The first kappa shape index (κ1) is 10.1. The maximum Gasteiger partial charge on any atom is 0.0316 e. The van der Waals surface area contributed by atoms with E-state index in [0.717, 1.165) is 12.1 Å². The van der Waals surface area contributed by atoms with Crippen LogP contribution in [0.3, 0.4) is 0 Å². The molecular weight excluding hydrogens is 158 g/mol. The Balaban J connectivity index is 2.94. The molecule has 0 unspecified atom stereocenters. The van der Waals surface area contributed by atoms with Crippen LogP contribution in [0.25, 0.3) is 0 Å². The van der Waals surface area contributed by atoms with Gasteiger partial charge in [0, 0.05) is 5.69 Å². The molecule has 0 aliphatic rings. The lowest BCUT2D eigenvalue weighted by atomic mass is 9.86. The molecule has 1 aromatic rings. The van der Waals surface area contributed by atoms with Crippen molar-refractivity contribution in [2.75, 3.05) is 5.73 Å². The van der Waals surface area contributed by atoms with Crippen molar-refractivity contribution in [3.63, 3.8) is 0 Å². The van der Waals surface area contributed by atoms with Crippen LogP contribution in [-0.4, -0.2) is 0 Å². The second-order valence-corrected chi connectivity index (χ2v) is 4.92. The van der Waals surface area contributed by atoms with Crippen molar-refractivity contribution in [1.82, 2.24) is 0 Å². The molecule has 1 aromatic carbocycles. The Bertz CT molecular complexity index is 294. The highest BCUT2D eigenvalue weighted by molar-refractivity contribution is 5.44. The zero-order valence-electron chi connectivity index (χ0n) is 9.02. The number of rotatable bonds is 1. The van der Waals surface area contributed by atoms with Gasteiger partial charge in [-0.2, -0.15) is 0 Å². The quantitative estimate of drug-likeness (QED) is 0.655. The number of hydrogen-bond donors (Lipinski definition) is 1. The summed E-state index contributed by atoms with van der Waals surface area (Å²) in [7, 11) is 0. The molecule has 0 heterocycles. The van der Waals surface area contributed by atoms with E-state index >= 15 is 0 Å². The predicted octanol–water partition coefficient (Wildman–Crippen LogP) is 3.17. The van der Waals surface area contributed by atoms with Gasteiger partial charge in [-0.15, -0.1) is 0 Å². The lowest BCUT2D eigenvalue weighted by Gasteiger charge is -2.19. The smallest absolute Gasteiger partial charge is 0.0316 e. The van der Waals surface area contributed by atoms with Gasteiger partial charge in [-0.25, -0.2) is 0 Å². The van der Waals surface area contributed by atoms with Gasteiger partial charge in [0.05, 0.1) is 0 Å². The van der Waals surface area contributed by atoms with Crippen LogP contribution in [0.15, 0.2) is 18.2 Å². The summed E-state index contributed by atoms with van der Waals surface area (Å²) in [6.45, 7) is 8.88. The van der Waals surface area contributed by atoms with Gasteiger partial charge in [0.15, 0.2) is 0 Å². The molecule has 2 N–H and O–H groups in total. The minimum atomic E-state index is 0.332. The third kappa shape index (κ3) is 3.10. The Morgan fingerprint density at radius 1 is 1.23 bits per heavy atom. The normalized spacial score (nSPS) is 11.7. The van der Waals surface area contributed by atoms with Gasteiger partial charge in [-0.05, 0) is 42.0 Å². The number of anilines is 1. The maximum atomic E-state index is 5.75. The molecule has 0 spiro atoms. The monoisotopic (exact) mass is 177 g/mol. The number of nitrogens with two attached hydrogens (primary N) is 1. The summed E-state index contributed by atoms with van der Waals surface area (Å²) in [5.74, 6) is 0. The van der Waals surface area contributed by atoms with Crippen molar-refractivity contribution in [2.45, 2.75) is 34.1 Å². The molecular formula is C12H19N. The van der Waals surface area contributed by atoms with Crippen LogP contribution in [0.1, 0.15) is 31.9 Å². The first-order valence-electron chi connectivity index (χ1n) is 4.73. The van der Waals surface area contributed by atoms with Crippen LogP contribution < -0.4 is 5.73 Å². The molecule has 0 bridgehead atoms. The molecule has 1 nitrogen and oxygen atoms in total. The fourth-order valence-corrected chi connectivity index (χ4v) is 1.45. The molecule has 0 saturated carbocycles. The zero-order chi connectivity index (χ0) is 10.1. The molecule has 13 heavy (non-hydrogen) atoms. The Morgan fingerprint density at radius 2 is 1.85 bits per heavy atom. The van der Waals surface area contributed by atoms with E-state index in [1.165, 1.54) is 11.1 Å². The van der Waals surface area contributed by atoms with Crippen LogP contribution in [-0.2, 0) is 6.42 Å². The van der Waals surface area contributed by atoms with Gasteiger partial charge in [-0.3, -0.25) is 0 Å². The van der Waals surface area contributed by atoms with Crippen LogP contribution in [0.2, 0.25) is 0 Å². The third-order valence-corrected chi connectivity index (χ3v) is 2.09. The average Bonchev–Trinajstić information content (AvgIpc) is 1.94. The summed E-state index contributed by atoms with van der Waals surface area (Å²) in [6.07, 6.45) is 1.09. The van der Waals surface area contributed by atoms with E-state index in [9.17, 15) is 0 Å². The van der Waals surface area contributed by atoms with Gasteiger partial charge in [0.1, 0.15) is 0 Å². The second kappa shape index (κ2) is 3.41. The van der Waals surface area contributed by atoms with Gasteiger partial charge in [-0.1, -0.05) is 26.8 Å². The van der Waals surface area contributed by atoms with Crippen LogP contribution in [0.4, 0.5) is 5.69 Å². The molecule has 0 aliphatic carbocycles. The largest absolute Gasteiger partial charge is 0.399 e. The van der Waals surface area contributed by atoms with E-state index in [-0.39, 0.29) is 0 Å². The Morgan fingerprint density at radius 3 is 2.38 bits per heavy atom. The standard InChI is InChI=1S/C12H19N/c1-9-5-6-11(13)7-10(9)8-12(2,3)4/h5-7H,8,13H2,1-4H3. The fraction of sp³-hybridized carbons (Fsp3) is 0.500. The summed E-state index contributed by atoms with van der Waals surface area (Å²) in [5.41, 5.74) is 9.65. The molecule has 0 saturated heterocycles. The second-order valence-electron chi connectivity index (χ2n) is 4.92. The van der Waals surface area contributed by atoms with Crippen molar-refractivity contribution < 1.29 is 0 Å². The molecule has 72 valence electrons.